The molecule has 0 spiro atoms. The molecule has 0 aliphatic carbocycles. The van der Waals surface area contributed by atoms with Gasteiger partial charge < -0.3 is 30.7 Å². The van der Waals surface area contributed by atoms with Crippen LogP contribution in [0.4, 0.5) is 16.2 Å². The number of hydrogen-bond acceptors (Lipinski definition) is 6. The molecule has 0 fully saturated rings. The Hall–Kier alpha value is -4.86. The highest BCUT2D eigenvalue weighted by Crippen LogP contribution is 2.26. The molecule has 1 aliphatic heterocycles. The fourth-order valence-electron chi connectivity index (χ4n) is 4.60. The third-order valence-corrected chi connectivity index (χ3v) is 6.58. The summed E-state index contributed by atoms with van der Waals surface area (Å²) < 4.78 is 5.24. The molecule has 10 nitrogen and oxygen atoms in total. The van der Waals surface area contributed by atoms with Gasteiger partial charge in [-0.25, -0.2) is 4.79 Å². The Morgan fingerprint density at radius 3 is 2.38 bits per heavy atom. The van der Waals surface area contributed by atoms with Gasteiger partial charge in [-0.2, -0.15) is 0 Å². The van der Waals surface area contributed by atoms with Crippen molar-refractivity contribution in [3.8, 4) is 0 Å². The quantitative estimate of drug-likeness (QED) is 0.286. The summed E-state index contributed by atoms with van der Waals surface area (Å²) in [5.41, 5.74) is 2.99. The Morgan fingerprint density at radius 2 is 1.71 bits per heavy atom. The maximum Gasteiger partial charge on any atom is 0.407 e. The van der Waals surface area contributed by atoms with E-state index in [1.54, 1.807) is 68.1 Å². The number of carboxylic acid groups (broad SMARTS) is 1. The SMILES string of the molecule is CC(C)(C)OC(=O)NCc1ccc(NC(=O)c2ccc3c(c2)NC(CC(=O)O)CN(CCc2ccccc2)C3=O)cc1. The average Bonchev–Trinajstić information content (AvgIpc) is 3.06. The Labute approximate surface area is 245 Å². The van der Waals surface area contributed by atoms with Crippen LogP contribution in [-0.4, -0.2) is 58.6 Å². The lowest BCUT2D eigenvalue weighted by molar-refractivity contribution is -0.137. The van der Waals surface area contributed by atoms with Crippen molar-refractivity contribution in [1.29, 1.82) is 0 Å². The first kappa shape index (κ1) is 30.1. The Kier molecular flexibility index (Phi) is 9.46. The van der Waals surface area contributed by atoms with E-state index in [9.17, 15) is 24.3 Å². The maximum atomic E-state index is 13.5. The fourth-order valence-corrected chi connectivity index (χ4v) is 4.60. The number of amides is 3. The first-order chi connectivity index (χ1) is 20.0. The van der Waals surface area contributed by atoms with Crippen molar-refractivity contribution in [2.24, 2.45) is 0 Å². The highest BCUT2D eigenvalue weighted by atomic mass is 16.6. The number of hydrogen-bond donors (Lipinski definition) is 4. The van der Waals surface area contributed by atoms with Crippen molar-refractivity contribution in [2.75, 3.05) is 23.7 Å². The summed E-state index contributed by atoms with van der Waals surface area (Å²) >= 11 is 0. The number of anilines is 2. The molecule has 3 amide bonds. The van der Waals surface area contributed by atoms with E-state index in [1.165, 1.54) is 0 Å². The molecule has 0 radical (unpaired) electrons. The predicted octanol–water partition coefficient (Wildman–Crippen LogP) is 4.92. The molecule has 42 heavy (non-hydrogen) atoms. The van der Waals surface area contributed by atoms with E-state index in [4.69, 9.17) is 4.74 Å². The number of ether oxygens (including phenoxy) is 1. The highest BCUT2D eigenvalue weighted by Gasteiger charge is 2.29. The number of carbonyl (C=O) groups excluding carboxylic acids is 3. The molecule has 0 saturated heterocycles. The van der Waals surface area contributed by atoms with Crippen LogP contribution in [0.15, 0.2) is 72.8 Å². The largest absolute Gasteiger partial charge is 0.481 e. The summed E-state index contributed by atoms with van der Waals surface area (Å²) in [6.45, 7) is 6.30. The topological polar surface area (TPSA) is 137 Å². The normalized spacial score (nSPS) is 14.7. The highest BCUT2D eigenvalue weighted by molar-refractivity contribution is 6.07. The second-order valence-corrected chi connectivity index (χ2v) is 11.2. The third kappa shape index (κ3) is 8.57. The van der Waals surface area contributed by atoms with Crippen LogP contribution in [-0.2, 0) is 22.5 Å². The van der Waals surface area contributed by atoms with Crippen molar-refractivity contribution in [3.63, 3.8) is 0 Å². The number of benzene rings is 3. The van der Waals surface area contributed by atoms with Gasteiger partial charge in [0.05, 0.1) is 18.0 Å². The van der Waals surface area contributed by atoms with Gasteiger partial charge in [0.2, 0.25) is 0 Å². The minimum Gasteiger partial charge on any atom is -0.481 e. The van der Waals surface area contributed by atoms with Crippen LogP contribution >= 0.6 is 0 Å². The number of carbonyl (C=O) groups is 4. The van der Waals surface area contributed by atoms with Crippen molar-refractivity contribution >= 4 is 35.3 Å². The van der Waals surface area contributed by atoms with E-state index in [0.717, 1.165) is 11.1 Å². The summed E-state index contributed by atoms with van der Waals surface area (Å²) in [6, 6.07) is 21.0. The van der Waals surface area contributed by atoms with Gasteiger partial charge in [-0.15, -0.1) is 0 Å². The van der Waals surface area contributed by atoms with Crippen molar-refractivity contribution in [1.82, 2.24) is 10.2 Å². The zero-order valence-electron chi connectivity index (χ0n) is 24.0. The van der Waals surface area contributed by atoms with Gasteiger partial charge in [0, 0.05) is 36.6 Å². The van der Waals surface area contributed by atoms with Gasteiger partial charge >= 0.3 is 12.1 Å². The molecule has 220 valence electrons. The summed E-state index contributed by atoms with van der Waals surface area (Å²) in [7, 11) is 0. The number of nitrogens with one attached hydrogen (secondary N) is 3. The number of nitrogens with zero attached hydrogens (tertiary/aromatic N) is 1. The summed E-state index contributed by atoms with van der Waals surface area (Å²) in [6.07, 6.45) is -0.0573. The molecule has 0 aromatic heterocycles. The van der Waals surface area contributed by atoms with E-state index in [2.05, 4.69) is 16.0 Å². The summed E-state index contributed by atoms with van der Waals surface area (Å²) in [5, 5.41) is 18.2. The van der Waals surface area contributed by atoms with E-state index < -0.39 is 23.7 Å². The average molecular weight is 573 g/mol. The minimum absolute atomic E-state index is 0.180. The Morgan fingerprint density at radius 1 is 1.00 bits per heavy atom. The van der Waals surface area contributed by atoms with Crippen LogP contribution in [0.5, 0.6) is 0 Å². The molecular weight excluding hydrogens is 536 g/mol. The van der Waals surface area contributed by atoms with Crippen molar-refractivity contribution in [3.05, 3.63) is 95.1 Å². The molecule has 1 atom stereocenters. The molecule has 1 heterocycles. The molecular formula is C32H36N4O6. The number of alkyl carbamates (subject to hydrolysis) is 1. The number of carboxylic acids is 1. The van der Waals surface area contributed by atoms with Gasteiger partial charge in [0.1, 0.15) is 5.60 Å². The van der Waals surface area contributed by atoms with Gasteiger partial charge in [-0.3, -0.25) is 14.4 Å². The van der Waals surface area contributed by atoms with Crippen LogP contribution in [0.2, 0.25) is 0 Å². The Bertz CT molecular complexity index is 1430. The minimum atomic E-state index is -0.981. The monoisotopic (exact) mass is 572 g/mol. The maximum absolute atomic E-state index is 13.5. The van der Waals surface area contributed by atoms with Crippen molar-refractivity contribution in [2.45, 2.75) is 51.8 Å². The number of fused-ring (bicyclic) bond motifs is 1. The molecule has 4 rings (SSSR count). The number of rotatable bonds is 9. The standard InChI is InChI=1S/C32H36N4O6/c1-32(2,3)42-31(41)33-19-22-9-12-24(13-10-22)35-29(39)23-11-14-26-27(17-23)34-25(18-28(37)38)20-36(30(26)40)16-15-21-7-5-4-6-8-21/h4-14,17,25,34H,15-16,18-20H2,1-3H3,(H,33,41)(H,35,39)(H,37,38). The molecule has 0 bridgehead atoms. The van der Waals surface area contributed by atoms with Crippen LogP contribution in [0.25, 0.3) is 0 Å². The second-order valence-electron chi connectivity index (χ2n) is 11.2. The van der Waals surface area contributed by atoms with E-state index in [1.807, 2.05) is 30.3 Å². The second kappa shape index (κ2) is 13.2. The van der Waals surface area contributed by atoms with Crippen LogP contribution in [0.1, 0.15) is 59.0 Å². The molecule has 3 aromatic rings. The lowest BCUT2D eigenvalue weighted by Crippen LogP contribution is -2.39. The summed E-state index contributed by atoms with van der Waals surface area (Å²) in [5.74, 6) is -1.58. The molecule has 4 N–H and O–H groups in total. The first-order valence-corrected chi connectivity index (χ1v) is 13.8. The zero-order chi connectivity index (χ0) is 30.3. The van der Waals surface area contributed by atoms with Crippen LogP contribution in [0.3, 0.4) is 0 Å². The van der Waals surface area contributed by atoms with Gasteiger partial charge in [-0.05, 0) is 68.7 Å². The predicted molar refractivity (Wildman–Crippen MR) is 160 cm³/mol. The van der Waals surface area contributed by atoms with Crippen molar-refractivity contribution < 1.29 is 29.0 Å². The lowest BCUT2D eigenvalue weighted by atomic mass is 10.1. The van der Waals surface area contributed by atoms with E-state index in [0.29, 0.717) is 35.5 Å². The van der Waals surface area contributed by atoms with Gasteiger partial charge in [-0.1, -0.05) is 42.5 Å². The zero-order valence-corrected chi connectivity index (χ0v) is 24.0. The van der Waals surface area contributed by atoms with Crippen LogP contribution in [0, 0.1) is 0 Å². The van der Waals surface area contributed by atoms with Gasteiger partial charge in [0.25, 0.3) is 11.8 Å². The Balaban J connectivity index is 1.43. The smallest absolute Gasteiger partial charge is 0.407 e. The van der Waals surface area contributed by atoms with E-state index >= 15 is 0 Å². The third-order valence-electron chi connectivity index (χ3n) is 6.58. The molecule has 10 heteroatoms. The molecule has 1 aliphatic rings. The fraction of sp³-hybridized carbons (Fsp3) is 0.312. The molecule has 1 unspecified atom stereocenters. The first-order valence-electron chi connectivity index (χ1n) is 13.8. The molecule has 0 saturated carbocycles. The van der Waals surface area contributed by atoms with Gasteiger partial charge in [0.15, 0.2) is 0 Å². The van der Waals surface area contributed by atoms with Crippen LogP contribution < -0.4 is 16.0 Å². The summed E-state index contributed by atoms with van der Waals surface area (Å²) in [4.78, 5) is 51.6. The lowest BCUT2D eigenvalue weighted by Gasteiger charge is -2.24. The van der Waals surface area contributed by atoms with E-state index in [-0.39, 0.29) is 31.3 Å². The number of aliphatic carboxylic acids is 1. The molecule has 3 aromatic carbocycles.